The molecule has 0 saturated carbocycles. The highest BCUT2D eigenvalue weighted by Gasteiger charge is 2.19. The summed E-state index contributed by atoms with van der Waals surface area (Å²) in [6, 6.07) is 19.9. The summed E-state index contributed by atoms with van der Waals surface area (Å²) in [6.07, 6.45) is 0.280. The van der Waals surface area contributed by atoms with E-state index >= 15 is 0 Å². The van der Waals surface area contributed by atoms with E-state index in [-0.39, 0.29) is 30.5 Å². The van der Waals surface area contributed by atoms with Crippen molar-refractivity contribution in [2.24, 2.45) is 0 Å². The number of benzene rings is 2. The first-order chi connectivity index (χ1) is 13.2. The Kier molecular flexibility index (Phi) is 6.33. The fourth-order valence-corrected chi connectivity index (χ4v) is 3.48. The van der Waals surface area contributed by atoms with Crippen LogP contribution >= 0.6 is 11.3 Å². The minimum Gasteiger partial charge on any atom is -0.461 e. The van der Waals surface area contributed by atoms with E-state index in [1.807, 2.05) is 60.7 Å². The van der Waals surface area contributed by atoms with Gasteiger partial charge >= 0.3 is 5.97 Å². The molecule has 1 N–H and O–H groups in total. The molecule has 0 saturated heterocycles. The zero-order valence-electron chi connectivity index (χ0n) is 14.9. The number of aromatic nitrogens is 1. The van der Waals surface area contributed by atoms with E-state index in [4.69, 9.17) is 4.74 Å². The molecule has 1 heterocycles. The first-order valence-corrected chi connectivity index (χ1v) is 9.57. The Morgan fingerprint density at radius 3 is 2.19 bits per heavy atom. The predicted octanol–water partition coefficient (Wildman–Crippen LogP) is 4.48. The van der Waals surface area contributed by atoms with E-state index in [2.05, 4.69) is 10.3 Å². The van der Waals surface area contributed by atoms with Crippen LogP contribution in [-0.2, 0) is 9.53 Å². The average Bonchev–Trinajstić information content (AvgIpc) is 3.16. The Morgan fingerprint density at radius 2 is 1.63 bits per heavy atom. The number of hydrogen-bond acceptors (Lipinski definition) is 5. The summed E-state index contributed by atoms with van der Waals surface area (Å²) in [4.78, 5) is 28.4. The number of carbonyl (C=O) groups excluding carboxylic acids is 2. The normalized spacial score (nSPS) is 10.6. The molecular weight excluding hydrogens is 360 g/mol. The van der Waals surface area contributed by atoms with Gasteiger partial charge in [-0.05, 0) is 18.1 Å². The van der Waals surface area contributed by atoms with Crippen molar-refractivity contribution >= 4 is 28.3 Å². The number of anilines is 1. The minimum absolute atomic E-state index is 0.0584. The van der Waals surface area contributed by atoms with Crippen LogP contribution in [0.3, 0.4) is 0 Å². The van der Waals surface area contributed by atoms with Crippen molar-refractivity contribution < 1.29 is 14.3 Å². The number of esters is 1. The van der Waals surface area contributed by atoms with Crippen LogP contribution in [0.4, 0.5) is 5.13 Å². The zero-order chi connectivity index (χ0) is 19.1. The highest BCUT2D eigenvalue weighted by atomic mass is 32.1. The molecule has 1 amide bonds. The van der Waals surface area contributed by atoms with Gasteiger partial charge in [-0.3, -0.25) is 4.79 Å². The predicted molar refractivity (Wildman–Crippen MR) is 106 cm³/mol. The van der Waals surface area contributed by atoms with Gasteiger partial charge in [0.05, 0.1) is 6.61 Å². The summed E-state index contributed by atoms with van der Waals surface area (Å²) in [5.74, 6) is -0.699. The largest absolute Gasteiger partial charge is 0.461 e. The Morgan fingerprint density at radius 1 is 1.04 bits per heavy atom. The van der Waals surface area contributed by atoms with Crippen molar-refractivity contribution in [1.29, 1.82) is 0 Å². The molecule has 0 bridgehead atoms. The second-order valence-corrected chi connectivity index (χ2v) is 6.74. The topological polar surface area (TPSA) is 68.3 Å². The fourth-order valence-electron chi connectivity index (χ4n) is 2.78. The minimum atomic E-state index is -0.485. The molecule has 6 heteroatoms. The third kappa shape index (κ3) is 5.01. The van der Waals surface area contributed by atoms with Gasteiger partial charge in [0.2, 0.25) is 5.91 Å². The summed E-state index contributed by atoms with van der Waals surface area (Å²) < 4.78 is 4.92. The van der Waals surface area contributed by atoms with Gasteiger partial charge in [0.1, 0.15) is 0 Å². The van der Waals surface area contributed by atoms with Crippen molar-refractivity contribution in [2.75, 3.05) is 11.9 Å². The molecule has 0 aliphatic heterocycles. The SMILES string of the molecule is CCOC(=O)c1csc(NC(=O)CC(c2ccccc2)c2ccccc2)n1. The number of amides is 1. The van der Waals surface area contributed by atoms with Crippen LogP contribution in [0.25, 0.3) is 0 Å². The molecule has 0 atom stereocenters. The van der Waals surface area contributed by atoms with Gasteiger partial charge in [0.25, 0.3) is 0 Å². The van der Waals surface area contributed by atoms with E-state index in [9.17, 15) is 9.59 Å². The molecule has 27 heavy (non-hydrogen) atoms. The molecule has 0 unspecified atom stereocenters. The van der Waals surface area contributed by atoms with Gasteiger partial charge < -0.3 is 10.1 Å². The van der Waals surface area contributed by atoms with Crippen molar-refractivity contribution in [3.63, 3.8) is 0 Å². The molecule has 3 aromatic rings. The van der Waals surface area contributed by atoms with E-state index in [1.165, 1.54) is 11.3 Å². The standard InChI is InChI=1S/C21H20N2O3S/c1-2-26-20(25)18-14-27-21(22-18)23-19(24)13-17(15-9-5-3-6-10-15)16-11-7-4-8-12-16/h3-12,14,17H,2,13H2,1H3,(H,22,23,24). The summed E-state index contributed by atoms with van der Waals surface area (Å²) in [7, 11) is 0. The van der Waals surface area contributed by atoms with Crippen molar-refractivity contribution in [2.45, 2.75) is 19.3 Å². The average molecular weight is 380 g/mol. The Labute approximate surface area is 162 Å². The lowest BCUT2D eigenvalue weighted by molar-refractivity contribution is -0.116. The molecule has 138 valence electrons. The maximum Gasteiger partial charge on any atom is 0.357 e. The van der Waals surface area contributed by atoms with Gasteiger partial charge in [-0.2, -0.15) is 0 Å². The Bertz CT molecular complexity index is 855. The number of nitrogens with zero attached hydrogens (tertiary/aromatic N) is 1. The zero-order valence-corrected chi connectivity index (χ0v) is 15.7. The van der Waals surface area contributed by atoms with Crippen LogP contribution in [0, 0.1) is 0 Å². The lowest BCUT2D eigenvalue weighted by atomic mass is 9.88. The molecule has 2 aromatic carbocycles. The number of carbonyl (C=O) groups is 2. The molecular formula is C21H20N2O3S. The van der Waals surface area contributed by atoms with Crippen molar-refractivity contribution in [1.82, 2.24) is 4.98 Å². The first kappa shape index (κ1) is 18.8. The van der Waals surface area contributed by atoms with Crippen molar-refractivity contribution in [3.8, 4) is 0 Å². The quantitative estimate of drug-likeness (QED) is 0.614. The first-order valence-electron chi connectivity index (χ1n) is 8.69. The third-order valence-electron chi connectivity index (χ3n) is 4.03. The summed E-state index contributed by atoms with van der Waals surface area (Å²) in [5, 5.41) is 4.76. The molecule has 0 spiro atoms. The smallest absolute Gasteiger partial charge is 0.357 e. The van der Waals surface area contributed by atoms with Crippen LogP contribution in [0.15, 0.2) is 66.0 Å². The molecule has 3 rings (SSSR count). The lowest BCUT2D eigenvalue weighted by Gasteiger charge is -2.17. The number of thiazole rings is 1. The number of hydrogen-bond donors (Lipinski definition) is 1. The molecule has 0 aliphatic carbocycles. The monoisotopic (exact) mass is 380 g/mol. The second kappa shape index (κ2) is 9.09. The maximum atomic E-state index is 12.6. The van der Waals surface area contributed by atoms with E-state index in [1.54, 1.807) is 12.3 Å². The van der Waals surface area contributed by atoms with Gasteiger partial charge in [0, 0.05) is 17.7 Å². The molecule has 0 aliphatic rings. The van der Waals surface area contributed by atoms with Crippen LogP contribution in [-0.4, -0.2) is 23.5 Å². The molecule has 1 aromatic heterocycles. The lowest BCUT2D eigenvalue weighted by Crippen LogP contribution is -2.16. The number of rotatable bonds is 7. The third-order valence-corrected chi connectivity index (χ3v) is 4.79. The van der Waals surface area contributed by atoms with E-state index in [0.717, 1.165) is 11.1 Å². The van der Waals surface area contributed by atoms with Crippen LogP contribution in [0.2, 0.25) is 0 Å². The second-order valence-electron chi connectivity index (χ2n) is 5.88. The van der Waals surface area contributed by atoms with Gasteiger partial charge in [-0.15, -0.1) is 11.3 Å². The van der Waals surface area contributed by atoms with Gasteiger partial charge in [0.15, 0.2) is 10.8 Å². The van der Waals surface area contributed by atoms with Gasteiger partial charge in [-0.25, -0.2) is 9.78 Å². The van der Waals surface area contributed by atoms with Crippen LogP contribution < -0.4 is 5.32 Å². The number of nitrogens with one attached hydrogen (secondary N) is 1. The number of ether oxygens (including phenoxy) is 1. The highest BCUT2D eigenvalue weighted by molar-refractivity contribution is 7.14. The van der Waals surface area contributed by atoms with E-state index < -0.39 is 5.97 Å². The summed E-state index contributed by atoms with van der Waals surface area (Å²) in [6.45, 7) is 2.02. The molecule has 0 radical (unpaired) electrons. The maximum absolute atomic E-state index is 12.6. The summed E-state index contributed by atoms with van der Waals surface area (Å²) in [5.41, 5.74) is 2.36. The summed E-state index contributed by atoms with van der Waals surface area (Å²) >= 11 is 1.21. The van der Waals surface area contributed by atoms with Gasteiger partial charge in [-0.1, -0.05) is 60.7 Å². The van der Waals surface area contributed by atoms with E-state index in [0.29, 0.717) is 5.13 Å². The van der Waals surface area contributed by atoms with Crippen LogP contribution in [0.1, 0.15) is 40.9 Å². The van der Waals surface area contributed by atoms with Crippen molar-refractivity contribution in [3.05, 3.63) is 82.9 Å². The Balaban J connectivity index is 1.73. The Hall–Kier alpha value is -2.99. The molecule has 5 nitrogen and oxygen atoms in total. The van der Waals surface area contributed by atoms with Crippen LogP contribution in [0.5, 0.6) is 0 Å². The fraction of sp³-hybridized carbons (Fsp3) is 0.190. The molecule has 0 fully saturated rings. The highest BCUT2D eigenvalue weighted by Crippen LogP contribution is 2.28.